The van der Waals surface area contributed by atoms with Crippen LogP contribution in [0.3, 0.4) is 0 Å². The lowest BCUT2D eigenvalue weighted by atomic mass is 10.1. The molecule has 0 spiro atoms. The quantitative estimate of drug-likeness (QED) is 0.425. The van der Waals surface area contributed by atoms with Crippen molar-refractivity contribution in [1.29, 1.82) is 0 Å². The van der Waals surface area contributed by atoms with Gasteiger partial charge < -0.3 is 4.74 Å². The van der Waals surface area contributed by atoms with E-state index in [9.17, 15) is 0 Å². The van der Waals surface area contributed by atoms with Gasteiger partial charge in [-0.2, -0.15) is 0 Å². The largest absolute Gasteiger partial charge is 0.370 e. The first-order valence-corrected chi connectivity index (χ1v) is 4.54. The van der Waals surface area contributed by atoms with E-state index in [0.29, 0.717) is 12.2 Å². The van der Waals surface area contributed by atoms with Crippen molar-refractivity contribution >= 4 is 0 Å². The Labute approximate surface area is 63.8 Å². The molecule has 1 nitrogen and oxygen atoms in total. The van der Waals surface area contributed by atoms with E-state index in [0.717, 1.165) is 0 Å². The molecule has 60 valence electrons. The van der Waals surface area contributed by atoms with Gasteiger partial charge in [-0.1, -0.05) is 33.1 Å². The minimum Gasteiger partial charge on any atom is -0.370 e. The fraction of sp³-hybridized carbons (Fsp3) is 1.00. The molecule has 1 fully saturated rings. The van der Waals surface area contributed by atoms with Crippen LogP contribution in [0.2, 0.25) is 0 Å². The van der Waals surface area contributed by atoms with Crippen LogP contribution in [0.15, 0.2) is 0 Å². The van der Waals surface area contributed by atoms with Gasteiger partial charge in [-0.3, -0.25) is 0 Å². The van der Waals surface area contributed by atoms with Crippen molar-refractivity contribution < 1.29 is 4.74 Å². The molecule has 1 rings (SSSR count). The van der Waals surface area contributed by atoms with E-state index in [2.05, 4.69) is 13.8 Å². The molecule has 0 aliphatic carbocycles. The third-order valence-electron chi connectivity index (χ3n) is 2.18. The summed E-state index contributed by atoms with van der Waals surface area (Å²) in [6.07, 6.45) is 7.81. The fourth-order valence-corrected chi connectivity index (χ4v) is 1.39. The standard InChI is InChI=1S/C9H18O/c1-3-5-6-7-9-8(4-2)10-9/h8-9H,3-7H2,1-2H3. The lowest BCUT2D eigenvalue weighted by Gasteiger charge is -1.92. The summed E-state index contributed by atoms with van der Waals surface area (Å²) in [5.74, 6) is 0. The number of rotatable bonds is 5. The summed E-state index contributed by atoms with van der Waals surface area (Å²) in [4.78, 5) is 0. The fourth-order valence-electron chi connectivity index (χ4n) is 1.39. The molecule has 0 N–H and O–H groups in total. The van der Waals surface area contributed by atoms with Crippen LogP contribution < -0.4 is 0 Å². The van der Waals surface area contributed by atoms with Gasteiger partial charge in [-0.25, -0.2) is 0 Å². The number of ether oxygens (including phenoxy) is 1. The van der Waals surface area contributed by atoms with Crippen LogP contribution in [0.25, 0.3) is 0 Å². The van der Waals surface area contributed by atoms with Gasteiger partial charge in [0.2, 0.25) is 0 Å². The second kappa shape index (κ2) is 3.97. The normalized spacial score (nSPS) is 30.6. The highest BCUT2D eigenvalue weighted by atomic mass is 16.6. The van der Waals surface area contributed by atoms with Gasteiger partial charge in [0.15, 0.2) is 0 Å². The maximum Gasteiger partial charge on any atom is 0.0841 e. The summed E-state index contributed by atoms with van der Waals surface area (Å²) in [7, 11) is 0. The van der Waals surface area contributed by atoms with Crippen LogP contribution in [0.1, 0.15) is 46.0 Å². The van der Waals surface area contributed by atoms with Crippen molar-refractivity contribution in [3.05, 3.63) is 0 Å². The van der Waals surface area contributed by atoms with Crippen molar-refractivity contribution in [3.8, 4) is 0 Å². The van der Waals surface area contributed by atoms with Gasteiger partial charge in [-0.15, -0.1) is 0 Å². The molecule has 2 unspecified atom stereocenters. The second-order valence-corrected chi connectivity index (χ2v) is 3.12. The van der Waals surface area contributed by atoms with Gasteiger partial charge in [0.05, 0.1) is 12.2 Å². The third-order valence-corrected chi connectivity index (χ3v) is 2.18. The first kappa shape index (κ1) is 8.06. The Hall–Kier alpha value is -0.0400. The number of hydrogen-bond donors (Lipinski definition) is 0. The zero-order valence-electron chi connectivity index (χ0n) is 7.10. The molecule has 10 heavy (non-hydrogen) atoms. The Balaban J connectivity index is 1.87. The molecule has 0 radical (unpaired) electrons. The summed E-state index contributed by atoms with van der Waals surface area (Å²) in [5.41, 5.74) is 0. The Morgan fingerprint density at radius 3 is 2.40 bits per heavy atom. The van der Waals surface area contributed by atoms with E-state index in [-0.39, 0.29) is 0 Å². The Morgan fingerprint density at radius 2 is 1.90 bits per heavy atom. The van der Waals surface area contributed by atoms with E-state index >= 15 is 0 Å². The van der Waals surface area contributed by atoms with Gasteiger partial charge >= 0.3 is 0 Å². The Bertz CT molecular complexity index is 90.7. The van der Waals surface area contributed by atoms with Gasteiger partial charge in [0, 0.05) is 0 Å². The molecular formula is C9H18O. The molecule has 2 atom stereocenters. The molecule has 1 heterocycles. The van der Waals surface area contributed by atoms with E-state index in [1.807, 2.05) is 0 Å². The van der Waals surface area contributed by atoms with E-state index in [1.165, 1.54) is 32.1 Å². The lowest BCUT2D eigenvalue weighted by Crippen LogP contribution is -1.91. The molecular weight excluding hydrogens is 124 g/mol. The van der Waals surface area contributed by atoms with Crippen LogP contribution >= 0.6 is 0 Å². The first-order chi connectivity index (χ1) is 4.88. The van der Waals surface area contributed by atoms with Crippen molar-refractivity contribution in [2.45, 2.75) is 58.2 Å². The van der Waals surface area contributed by atoms with Crippen LogP contribution in [0.5, 0.6) is 0 Å². The number of epoxide rings is 1. The highest BCUT2D eigenvalue weighted by Crippen LogP contribution is 2.29. The predicted octanol–water partition coefficient (Wildman–Crippen LogP) is 2.74. The zero-order chi connectivity index (χ0) is 7.40. The van der Waals surface area contributed by atoms with Crippen LogP contribution in [-0.4, -0.2) is 12.2 Å². The van der Waals surface area contributed by atoms with Crippen molar-refractivity contribution in [2.24, 2.45) is 0 Å². The van der Waals surface area contributed by atoms with Crippen LogP contribution in [-0.2, 0) is 4.74 Å². The van der Waals surface area contributed by atoms with Gasteiger partial charge in [0.1, 0.15) is 0 Å². The minimum absolute atomic E-state index is 0.622. The molecule has 1 heteroatoms. The van der Waals surface area contributed by atoms with Crippen LogP contribution in [0.4, 0.5) is 0 Å². The average molecular weight is 142 g/mol. The average Bonchev–Trinajstić information content (AvgIpc) is 2.68. The molecule has 1 saturated heterocycles. The SMILES string of the molecule is CCCCCC1OC1CC. The maximum atomic E-state index is 5.41. The first-order valence-electron chi connectivity index (χ1n) is 4.54. The smallest absolute Gasteiger partial charge is 0.0841 e. The number of unbranched alkanes of at least 4 members (excludes halogenated alkanes) is 2. The zero-order valence-corrected chi connectivity index (χ0v) is 7.10. The summed E-state index contributed by atoms with van der Waals surface area (Å²) < 4.78 is 5.41. The Morgan fingerprint density at radius 1 is 1.10 bits per heavy atom. The van der Waals surface area contributed by atoms with Gasteiger partial charge in [0.25, 0.3) is 0 Å². The molecule has 0 bridgehead atoms. The summed E-state index contributed by atoms with van der Waals surface area (Å²) in [5, 5.41) is 0. The summed E-state index contributed by atoms with van der Waals surface area (Å²) in [6, 6.07) is 0. The van der Waals surface area contributed by atoms with E-state index in [1.54, 1.807) is 0 Å². The van der Waals surface area contributed by atoms with Crippen LogP contribution in [0, 0.1) is 0 Å². The molecule has 0 amide bonds. The summed E-state index contributed by atoms with van der Waals surface area (Å²) in [6.45, 7) is 4.44. The van der Waals surface area contributed by atoms with Gasteiger partial charge in [-0.05, 0) is 12.8 Å². The predicted molar refractivity (Wildman–Crippen MR) is 43.1 cm³/mol. The summed E-state index contributed by atoms with van der Waals surface area (Å²) >= 11 is 0. The van der Waals surface area contributed by atoms with Crippen molar-refractivity contribution in [2.75, 3.05) is 0 Å². The number of hydrogen-bond acceptors (Lipinski definition) is 1. The van der Waals surface area contributed by atoms with Crippen molar-refractivity contribution in [3.63, 3.8) is 0 Å². The third kappa shape index (κ3) is 2.30. The molecule has 0 aromatic carbocycles. The minimum atomic E-state index is 0.622. The highest BCUT2D eigenvalue weighted by molar-refractivity contribution is 4.82. The molecule has 0 aromatic rings. The van der Waals surface area contributed by atoms with Crippen molar-refractivity contribution in [1.82, 2.24) is 0 Å². The van der Waals surface area contributed by atoms with E-state index < -0.39 is 0 Å². The molecule has 1 aliphatic rings. The lowest BCUT2D eigenvalue weighted by molar-refractivity contribution is 0.355. The highest BCUT2D eigenvalue weighted by Gasteiger charge is 2.35. The molecule has 0 saturated carbocycles. The Kier molecular flexibility index (Phi) is 3.20. The van der Waals surface area contributed by atoms with E-state index in [4.69, 9.17) is 4.74 Å². The second-order valence-electron chi connectivity index (χ2n) is 3.12. The molecule has 0 aromatic heterocycles. The maximum absolute atomic E-state index is 5.41. The molecule has 1 aliphatic heterocycles. The topological polar surface area (TPSA) is 12.5 Å². The monoisotopic (exact) mass is 142 g/mol.